The zero-order chi connectivity index (χ0) is 14.2. The molecule has 0 radical (unpaired) electrons. The normalized spacial score (nSPS) is 23.7. The van der Waals surface area contributed by atoms with E-state index in [0.717, 1.165) is 19.5 Å². The molecule has 7 nitrogen and oxygen atoms in total. The van der Waals surface area contributed by atoms with Crippen molar-refractivity contribution >= 4 is 11.5 Å². The van der Waals surface area contributed by atoms with Crippen LogP contribution in [0.15, 0.2) is 0 Å². The number of rotatable bonds is 3. The van der Waals surface area contributed by atoms with E-state index >= 15 is 0 Å². The zero-order valence-corrected chi connectivity index (χ0v) is 11.7. The molecule has 1 aromatic rings. The van der Waals surface area contributed by atoms with Crippen molar-refractivity contribution in [3.63, 3.8) is 0 Å². The van der Waals surface area contributed by atoms with Crippen LogP contribution in [-0.4, -0.2) is 33.8 Å². The minimum absolute atomic E-state index is 0.129. The third-order valence-electron chi connectivity index (χ3n) is 3.82. The van der Waals surface area contributed by atoms with Crippen LogP contribution >= 0.6 is 0 Å². The van der Waals surface area contributed by atoms with Gasteiger partial charge in [0.15, 0.2) is 0 Å². The van der Waals surface area contributed by atoms with Crippen LogP contribution < -0.4 is 10.6 Å². The Morgan fingerprint density at radius 1 is 1.58 bits per heavy atom. The highest BCUT2D eigenvalue weighted by Gasteiger charge is 2.33. The number of anilines is 1. The number of nitro groups is 1. The number of hydrogen-bond donors (Lipinski definition) is 1. The molecule has 1 saturated heterocycles. The maximum Gasteiger partial charge on any atom is 0.333 e. The van der Waals surface area contributed by atoms with Crippen LogP contribution in [0.1, 0.15) is 26.0 Å². The van der Waals surface area contributed by atoms with Gasteiger partial charge in [-0.1, -0.05) is 6.92 Å². The monoisotopic (exact) mass is 267 g/mol. The summed E-state index contributed by atoms with van der Waals surface area (Å²) in [7, 11) is 0. The van der Waals surface area contributed by atoms with E-state index in [2.05, 4.69) is 16.9 Å². The van der Waals surface area contributed by atoms with E-state index in [1.165, 1.54) is 0 Å². The molecular weight excluding hydrogens is 246 g/mol. The first kappa shape index (κ1) is 13.8. The summed E-state index contributed by atoms with van der Waals surface area (Å²) in [6, 6.07) is 0.175. The molecule has 1 fully saturated rings. The second kappa shape index (κ2) is 5.16. The first-order valence-electron chi connectivity index (χ1n) is 6.68. The SMILES string of the molecule is CCn1nc(C)c([N+](=O)[O-])c1N1CCC(N)C(C)C1. The summed E-state index contributed by atoms with van der Waals surface area (Å²) in [5.74, 6) is 0.956. The highest BCUT2D eigenvalue weighted by atomic mass is 16.6. The molecule has 1 aliphatic rings. The number of nitrogens with two attached hydrogens (primary N) is 1. The summed E-state index contributed by atoms with van der Waals surface area (Å²) in [4.78, 5) is 13.0. The minimum Gasteiger partial charge on any atom is -0.351 e. The van der Waals surface area contributed by atoms with Crippen molar-refractivity contribution in [3.05, 3.63) is 15.8 Å². The number of aryl methyl sites for hydroxylation is 2. The molecule has 2 atom stereocenters. The van der Waals surface area contributed by atoms with Gasteiger partial charge in [-0.3, -0.25) is 10.1 Å². The molecule has 0 saturated carbocycles. The molecule has 2 unspecified atom stereocenters. The highest BCUT2D eigenvalue weighted by molar-refractivity contribution is 5.61. The van der Waals surface area contributed by atoms with E-state index in [9.17, 15) is 10.1 Å². The van der Waals surface area contributed by atoms with Gasteiger partial charge in [0.05, 0.1) is 4.92 Å². The molecule has 106 valence electrons. The highest BCUT2D eigenvalue weighted by Crippen LogP contribution is 2.33. The third kappa shape index (κ3) is 2.42. The molecule has 1 aromatic heterocycles. The van der Waals surface area contributed by atoms with Crippen LogP contribution in [0, 0.1) is 23.0 Å². The fourth-order valence-corrected chi connectivity index (χ4v) is 2.66. The molecule has 19 heavy (non-hydrogen) atoms. The van der Waals surface area contributed by atoms with Gasteiger partial charge >= 0.3 is 5.69 Å². The molecule has 2 heterocycles. The van der Waals surface area contributed by atoms with Crippen LogP contribution in [-0.2, 0) is 6.54 Å². The summed E-state index contributed by atoms with van der Waals surface area (Å²) in [6.45, 7) is 7.83. The van der Waals surface area contributed by atoms with Gasteiger partial charge in [0, 0.05) is 25.7 Å². The van der Waals surface area contributed by atoms with E-state index < -0.39 is 0 Å². The minimum atomic E-state index is -0.330. The fourth-order valence-electron chi connectivity index (χ4n) is 2.66. The van der Waals surface area contributed by atoms with Gasteiger partial charge < -0.3 is 10.6 Å². The van der Waals surface area contributed by atoms with Gasteiger partial charge in [-0.15, -0.1) is 0 Å². The maximum atomic E-state index is 11.3. The lowest BCUT2D eigenvalue weighted by Crippen LogP contribution is -2.46. The van der Waals surface area contributed by atoms with Crippen LogP contribution in [0.4, 0.5) is 11.5 Å². The second-order valence-corrected chi connectivity index (χ2v) is 5.21. The summed E-state index contributed by atoms with van der Waals surface area (Å²) >= 11 is 0. The Hall–Kier alpha value is -1.63. The zero-order valence-electron chi connectivity index (χ0n) is 11.7. The Balaban J connectivity index is 2.40. The Kier molecular flexibility index (Phi) is 3.75. The van der Waals surface area contributed by atoms with Gasteiger partial charge in [0.2, 0.25) is 5.82 Å². The molecule has 1 aliphatic heterocycles. The van der Waals surface area contributed by atoms with Gasteiger partial charge in [0.25, 0.3) is 0 Å². The first-order valence-corrected chi connectivity index (χ1v) is 6.68. The number of nitrogens with zero attached hydrogens (tertiary/aromatic N) is 4. The molecule has 0 aliphatic carbocycles. The quantitative estimate of drug-likeness (QED) is 0.658. The average molecular weight is 267 g/mol. The summed E-state index contributed by atoms with van der Waals surface area (Å²) < 4.78 is 1.72. The maximum absolute atomic E-state index is 11.3. The molecule has 2 rings (SSSR count). The van der Waals surface area contributed by atoms with Gasteiger partial charge in [-0.25, -0.2) is 4.68 Å². The van der Waals surface area contributed by atoms with Crippen molar-refractivity contribution in [2.24, 2.45) is 11.7 Å². The van der Waals surface area contributed by atoms with Crippen molar-refractivity contribution in [2.45, 2.75) is 39.8 Å². The Morgan fingerprint density at radius 3 is 2.79 bits per heavy atom. The molecule has 0 amide bonds. The fraction of sp³-hybridized carbons (Fsp3) is 0.750. The molecule has 0 aromatic carbocycles. The Labute approximate surface area is 112 Å². The molecule has 2 N–H and O–H groups in total. The van der Waals surface area contributed by atoms with Crippen LogP contribution in [0.3, 0.4) is 0 Å². The molecule has 7 heteroatoms. The van der Waals surface area contributed by atoms with Crippen molar-refractivity contribution < 1.29 is 4.92 Å². The standard InChI is InChI=1S/C12H21N5O2/c1-4-16-12(11(17(18)19)9(3)14-16)15-6-5-10(13)8(2)7-15/h8,10H,4-7,13H2,1-3H3. The van der Waals surface area contributed by atoms with E-state index in [0.29, 0.717) is 24.0 Å². The second-order valence-electron chi connectivity index (χ2n) is 5.21. The lowest BCUT2D eigenvalue weighted by Gasteiger charge is -2.35. The molecular formula is C12H21N5O2. The predicted octanol–water partition coefficient (Wildman–Crippen LogP) is 1.29. The van der Waals surface area contributed by atoms with Crippen molar-refractivity contribution in [1.29, 1.82) is 0 Å². The smallest absolute Gasteiger partial charge is 0.333 e. The van der Waals surface area contributed by atoms with E-state index in [1.807, 2.05) is 6.92 Å². The largest absolute Gasteiger partial charge is 0.351 e. The van der Waals surface area contributed by atoms with Gasteiger partial charge in [0.1, 0.15) is 5.69 Å². The summed E-state index contributed by atoms with van der Waals surface area (Å²) in [5, 5.41) is 15.5. The van der Waals surface area contributed by atoms with Crippen LogP contribution in [0.5, 0.6) is 0 Å². The number of hydrogen-bond acceptors (Lipinski definition) is 5. The van der Waals surface area contributed by atoms with Crippen molar-refractivity contribution in [3.8, 4) is 0 Å². The molecule has 0 bridgehead atoms. The lowest BCUT2D eigenvalue weighted by molar-refractivity contribution is -0.384. The van der Waals surface area contributed by atoms with Crippen LogP contribution in [0.2, 0.25) is 0 Å². The molecule has 0 spiro atoms. The van der Waals surface area contributed by atoms with Crippen molar-refractivity contribution in [1.82, 2.24) is 9.78 Å². The number of piperidine rings is 1. The van der Waals surface area contributed by atoms with E-state index in [1.54, 1.807) is 11.6 Å². The predicted molar refractivity (Wildman–Crippen MR) is 73.3 cm³/mol. The van der Waals surface area contributed by atoms with Gasteiger partial charge in [-0.05, 0) is 26.2 Å². The van der Waals surface area contributed by atoms with E-state index in [-0.39, 0.29) is 16.7 Å². The third-order valence-corrected chi connectivity index (χ3v) is 3.82. The van der Waals surface area contributed by atoms with E-state index in [4.69, 9.17) is 5.73 Å². The topological polar surface area (TPSA) is 90.2 Å². The van der Waals surface area contributed by atoms with Gasteiger partial charge in [-0.2, -0.15) is 5.10 Å². The number of aromatic nitrogens is 2. The van der Waals surface area contributed by atoms with Crippen molar-refractivity contribution in [2.75, 3.05) is 18.0 Å². The Morgan fingerprint density at radius 2 is 2.26 bits per heavy atom. The summed E-state index contributed by atoms with van der Waals surface area (Å²) in [6.07, 6.45) is 0.853. The first-order chi connectivity index (χ1) is 8.95. The average Bonchev–Trinajstić information content (AvgIpc) is 2.69. The summed E-state index contributed by atoms with van der Waals surface area (Å²) in [5.41, 5.74) is 6.61. The lowest BCUT2D eigenvalue weighted by atomic mass is 9.95. The van der Waals surface area contributed by atoms with Crippen LogP contribution in [0.25, 0.3) is 0 Å². The Bertz CT molecular complexity index is 485.